The summed E-state index contributed by atoms with van der Waals surface area (Å²) in [6.45, 7) is 2.07. The van der Waals surface area contributed by atoms with Crippen molar-refractivity contribution in [1.29, 1.82) is 0 Å². The summed E-state index contributed by atoms with van der Waals surface area (Å²) in [6.07, 6.45) is 2.26. The lowest BCUT2D eigenvalue weighted by molar-refractivity contribution is 0.0963. The largest absolute Gasteiger partial charge is 0.269 e. The number of aromatic nitrogens is 3. The molecule has 1 aliphatic heterocycles. The van der Waals surface area contributed by atoms with Gasteiger partial charge < -0.3 is 0 Å². The van der Waals surface area contributed by atoms with Gasteiger partial charge in [0.05, 0.1) is 12.1 Å². The Morgan fingerprint density at radius 1 is 0.833 bits per heavy atom. The van der Waals surface area contributed by atoms with Crippen molar-refractivity contribution in [2.24, 2.45) is 0 Å². The van der Waals surface area contributed by atoms with E-state index < -0.39 is 0 Å². The van der Waals surface area contributed by atoms with E-state index in [4.69, 9.17) is 0 Å². The Morgan fingerprint density at radius 3 is 2.17 bits per heavy atom. The van der Waals surface area contributed by atoms with Crippen molar-refractivity contribution < 1.29 is 4.79 Å². The molecule has 2 atom stereocenters. The number of amides is 1. The Morgan fingerprint density at radius 2 is 1.47 bits per heavy atom. The number of carbonyl (C=O) groups excluding carboxylic acids is 1. The van der Waals surface area contributed by atoms with Crippen molar-refractivity contribution in [1.82, 2.24) is 14.8 Å². The van der Waals surface area contributed by atoms with Gasteiger partial charge in [-0.1, -0.05) is 78.4 Å². The van der Waals surface area contributed by atoms with E-state index in [1.807, 2.05) is 53.2 Å². The van der Waals surface area contributed by atoms with Gasteiger partial charge in [-0.3, -0.25) is 9.69 Å². The fourth-order valence-corrected chi connectivity index (χ4v) is 4.17. The smallest absolute Gasteiger partial charge is 0.261 e. The van der Waals surface area contributed by atoms with Crippen LogP contribution < -0.4 is 4.90 Å². The normalized spacial score (nSPS) is 18.1. The molecule has 1 aromatic heterocycles. The predicted molar refractivity (Wildman–Crippen MR) is 116 cm³/mol. The molecule has 1 amide bonds. The predicted octanol–water partition coefficient (Wildman–Crippen LogP) is 4.97. The number of nitrogens with zero attached hydrogens (tertiary/aromatic N) is 4. The molecule has 30 heavy (non-hydrogen) atoms. The van der Waals surface area contributed by atoms with E-state index in [0.29, 0.717) is 11.5 Å². The second-order valence-corrected chi connectivity index (χ2v) is 7.63. The molecule has 0 saturated carbocycles. The lowest BCUT2D eigenvalue weighted by atomic mass is 9.91. The fourth-order valence-electron chi connectivity index (χ4n) is 4.17. The van der Waals surface area contributed by atoms with Crippen LogP contribution in [0.15, 0.2) is 91.3 Å². The van der Waals surface area contributed by atoms with Crippen LogP contribution in [0.3, 0.4) is 0 Å². The Hall–Kier alpha value is -3.73. The van der Waals surface area contributed by atoms with E-state index in [9.17, 15) is 4.79 Å². The second kappa shape index (κ2) is 7.59. The van der Waals surface area contributed by atoms with E-state index in [1.165, 1.54) is 11.9 Å². The highest BCUT2D eigenvalue weighted by Crippen LogP contribution is 2.42. The van der Waals surface area contributed by atoms with Crippen molar-refractivity contribution in [2.45, 2.75) is 25.4 Å². The topological polar surface area (TPSA) is 51.0 Å². The van der Waals surface area contributed by atoms with Crippen LogP contribution >= 0.6 is 0 Å². The van der Waals surface area contributed by atoms with Crippen LogP contribution in [0.25, 0.3) is 0 Å². The molecule has 0 radical (unpaired) electrons. The summed E-state index contributed by atoms with van der Waals surface area (Å²) in [7, 11) is 0. The molecule has 1 aliphatic rings. The molecular formula is C25H22N4O. The average molecular weight is 394 g/mol. The molecule has 0 spiro atoms. The minimum Gasteiger partial charge on any atom is -0.269 e. The van der Waals surface area contributed by atoms with Gasteiger partial charge in [0.25, 0.3) is 5.91 Å². The van der Waals surface area contributed by atoms with Gasteiger partial charge in [0.1, 0.15) is 6.33 Å². The Labute approximate surface area is 175 Å². The van der Waals surface area contributed by atoms with Crippen molar-refractivity contribution in [3.05, 3.63) is 114 Å². The lowest BCUT2D eigenvalue weighted by Gasteiger charge is -2.39. The van der Waals surface area contributed by atoms with Gasteiger partial charge in [0.2, 0.25) is 5.95 Å². The summed E-state index contributed by atoms with van der Waals surface area (Å²) in [5, 5.41) is 4.49. The van der Waals surface area contributed by atoms with Crippen molar-refractivity contribution in [3.63, 3.8) is 0 Å². The fraction of sp³-hybridized carbons (Fsp3) is 0.160. The first-order valence-corrected chi connectivity index (χ1v) is 10.1. The molecule has 0 N–H and O–H groups in total. The molecule has 2 heterocycles. The third kappa shape index (κ3) is 3.18. The van der Waals surface area contributed by atoms with E-state index in [1.54, 1.807) is 4.90 Å². The molecule has 0 fully saturated rings. The van der Waals surface area contributed by atoms with Gasteiger partial charge >= 0.3 is 0 Å². The van der Waals surface area contributed by atoms with E-state index in [0.717, 1.165) is 17.5 Å². The van der Waals surface area contributed by atoms with Crippen LogP contribution in [0.5, 0.6) is 0 Å². The summed E-state index contributed by atoms with van der Waals surface area (Å²) in [4.78, 5) is 19.9. The summed E-state index contributed by atoms with van der Waals surface area (Å²) in [6, 6.07) is 28.0. The first kappa shape index (κ1) is 18.3. The number of rotatable bonds is 3. The number of benzene rings is 3. The highest BCUT2D eigenvalue weighted by atomic mass is 16.2. The molecule has 5 rings (SSSR count). The number of anilines is 1. The van der Waals surface area contributed by atoms with Gasteiger partial charge in [-0.05, 0) is 36.6 Å². The molecule has 0 saturated heterocycles. The highest BCUT2D eigenvalue weighted by Gasteiger charge is 2.39. The van der Waals surface area contributed by atoms with E-state index >= 15 is 0 Å². The SMILES string of the molecule is Cc1ccc([C@@H]2C[C@@H](c3ccccc3)n3ncnc3N2C(=O)c2ccccc2)cc1. The molecule has 148 valence electrons. The Kier molecular flexibility index (Phi) is 4.64. The third-order valence-corrected chi connectivity index (χ3v) is 5.71. The van der Waals surface area contributed by atoms with Crippen molar-refractivity contribution in [2.75, 3.05) is 4.90 Å². The van der Waals surface area contributed by atoms with Crippen LogP contribution in [-0.4, -0.2) is 20.7 Å². The Balaban J connectivity index is 1.65. The quantitative estimate of drug-likeness (QED) is 0.493. The molecule has 5 heteroatoms. The summed E-state index contributed by atoms with van der Waals surface area (Å²) in [5.74, 6) is 0.511. The zero-order valence-electron chi connectivity index (χ0n) is 16.7. The zero-order valence-corrected chi connectivity index (χ0v) is 16.7. The van der Waals surface area contributed by atoms with Crippen LogP contribution in [0.1, 0.15) is 45.6 Å². The monoisotopic (exact) mass is 394 g/mol. The number of hydrogen-bond donors (Lipinski definition) is 0. The zero-order chi connectivity index (χ0) is 20.5. The van der Waals surface area contributed by atoms with Gasteiger partial charge in [-0.2, -0.15) is 10.1 Å². The van der Waals surface area contributed by atoms with Crippen LogP contribution in [-0.2, 0) is 0 Å². The molecular weight excluding hydrogens is 372 g/mol. The summed E-state index contributed by atoms with van der Waals surface area (Å²) >= 11 is 0. The number of hydrogen-bond acceptors (Lipinski definition) is 3. The molecule has 0 unspecified atom stereocenters. The van der Waals surface area contributed by atoms with Gasteiger partial charge in [-0.15, -0.1) is 0 Å². The maximum atomic E-state index is 13.6. The first-order valence-electron chi connectivity index (χ1n) is 10.1. The molecule has 5 nitrogen and oxygen atoms in total. The Bertz CT molecular complexity index is 1150. The van der Waals surface area contributed by atoms with Crippen LogP contribution in [0.2, 0.25) is 0 Å². The second-order valence-electron chi connectivity index (χ2n) is 7.63. The number of carbonyl (C=O) groups is 1. The summed E-state index contributed by atoms with van der Waals surface area (Å²) < 4.78 is 1.88. The van der Waals surface area contributed by atoms with Crippen LogP contribution in [0, 0.1) is 6.92 Å². The lowest BCUT2D eigenvalue weighted by Crippen LogP contribution is -2.42. The number of fused-ring (bicyclic) bond motifs is 1. The van der Waals surface area contributed by atoms with E-state index in [-0.39, 0.29) is 18.0 Å². The molecule has 4 aromatic rings. The van der Waals surface area contributed by atoms with Crippen LogP contribution in [0.4, 0.5) is 5.95 Å². The minimum absolute atomic E-state index is 0.00910. The minimum atomic E-state index is -0.139. The maximum Gasteiger partial charge on any atom is 0.261 e. The van der Waals surface area contributed by atoms with Crippen molar-refractivity contribution >= 4 is 11.9 Å². The van der Waals surface area contributed by atoms with Gasteiger partial charge in [0.15, 0.2) is 0 Å². The average Bonchev–Trinajstić information content (AvgIpc) is 3.29. The number of aryl methyl sites for hydroxylation is 1. The standard InChI is InChI=1S/C25H22N4O/c1-18-12-14-20(15-13-18)22-16-23(19-8-4-2-5-9-19)29-25(26-17-27-29)28(22)24(30)21-10-6-3-7-11-21/h2-15,17,22-23H,16H2,1H3/t22-,23-/m0/s1. The molecule has 0 bridgehead atoms. The van der Waals surface area contributed by atoms with E-state index in [2.05, 4.69) is 53.4 Å². The van der Waals surface area contributed by atoms with Crippen molar-refractivity contribution in [3.8, 4) is 0 Å². The third-order valence-electron chi connectivity index (χ3n) is 5.71. The highest BCUT2D eigenvalue weighted by molar-refractivity contribution is 6.05. The van der Waals surface area contributed by atoms with Gasteiger partial charge in [-0.25, -0.2) is 4.68 Å². The molecule has 3 aromatic carbocycles. The summed E-state index contributed by atoms with van der Waals surface area (Å²) in [5.41, 5.74) is 4.09. The maximum absolute atomic E-state index is 13.6. The first-order chi connectivity index (χ1) is 14.7. The van der Waals surface area contributed by atoms with Gasteiger partial charge in [0, 0.05) is 5.56 Å². The molecule has 0 aliphatic carbocycles.